The van der Waals surface area contributed by atoms with Gasteiger partial charge in [0.1, 0.15) is 16.7 Å². The highest BCUT2D eigenvalue weighted by molar-refractivity contribution is 9.10. The molecule has 2 amide bonds. The molecule has 1 saturated heterocycles. The fourth-order valence-corrected chi connectivity index (χ4v) is 5.18. The zero-order chi connectivity index (χ0) is 24.2. The lowest BCUT2D eigenvalue weighted by molar-refractivity contribution is -0.117. The first kappa shape index (κ1) is 24.1. The summed E-state index contributed by atoms with van der Waals surface area (Å²) in [6.07, 6.45) is 0.440. The number of carbonyl (C=O) groups excluding carboxylic acids is 2. The first-order chi connectivity index (χ1) is 16.4. The van der Waals surface area contributed by atoms with Crippen LogP contribution in [0.4, 0.5) is 11.4 Å². The molecule has 1 atom stereocenters. The molecule has 1 fully saturated rings. The van der Waals surface area contributed by atoms with Crippen LogP contribution in [0.2, 0.25) is 5.02 Å². The first-order valence-electron chi connectivity index (χ1n) is 10.4. The minimum absolute atomic E-state index is 0.111. The number of rotatable bonds is 5. The molecule has 0 saturated carbocycles. The summed E-state index contributed by atoms with van der Waals surface area (Å²) in [4.78, 5) is 28.1. The summed E-state index contributed by atoms with van der Waals surface area (Å²) >= 11 is 10.6. The number of nitrogens with zero attached hydrogens (tertiary/aromatic N) is 2. The van der Waals surface area contributed by atoms with Crippen molar-refractivity contribution in [2.45, 2.75) is 18.6 Å². The number of hydrogen-bond acceptors (Lipinski definition) is 4. The third-order valence-electron chi connectivity index (χ3n) is 5.23. The summed E-state index contributed by atoms with van der Waals surface area (Å²) in [5.74, 6) is -0.746. The average Bonchev–Trinajstić information content (AvgIpc) is 3.13. The van der Waals surface area contributed by atoms with E-state index in [1.165, 1.54) is 16.7 Å². The maximum Gasteiger partial charge on any atom is 0.269 e. The highest BCUT2D eigenvalue weighted by Gasteiger charge is 2.40. The molecule has 3 aromatic rings. The van der Waals surface area contributed by atoms with Gasteiger partial charge in [-0.1, -0.05) is 69.1 Å². The van der Waals surface area contributed by atoms with Crippen LogP contribution in [0.25, 0.3) is 0 Å². The minimum Gasteiger partial charge on any atom is -0.321 e. The smallest absolute Gasteiger partial charge is 0.269 e. The summed E-state index contributed by atoms with van der Waals surface area (Å²) in [7, 11) is 0. The van der Waals surface area contributed by atoms with Gasteiger partial charge in [-0.25, -0.2) is 0 Å². The number of hydrogen-bond donors (Lipinski definition) is 1. The van der Waals surface area contributed by atoms with E-state index in [1.807, 2.05) is 49.4 Å². The van der Waals surface area contributed by atoms with E-state index in [0.717, 1.165) is 15.6 Å². The van der Waals surface area contributed by atoms with Crippen LogP contribution in [0, 0.1) is 18.3 Å². The molecule has 0 unspecified atom stereocenters. The largest absolute Gasteiger partial charge is 0.321 e. The summed E-state index contributed by atoms with van der Waals surface area (Å²) < 4.78 is 0.858. The summed E-state index contributed by atoms with van der Waals surface area (Å²) in [6.45, 7) is 1.95. The van der Waals surface area contributed by atoms with Crippen LogP contribution in [0.5, 0.6) is 0 Å². The number of anilines is 2. The lowest BCUT2D eigenvalue weighted by Crippen LogP contribution is -2.30. The van der Waals surface area contributed by atoms with Gasteiger partial charge in [0.2, 0.25) is 5.91 Å². The van der Waals surface area contributed by atoms with Gasteiger partial charge in [-0.2, -0.15) is 5.26 Å². The second-order valence-corrected chi connectivity index (χ2v) is 10.2. The molecule has 0 aliphatic carbocycles. The standard InChI is InChI=1S/C26H19BrClN3O2S/c1-16-2-10-20(11-3-16)30-24(32)22(15-29)26-31(21-12-6-18(27)7-13-21)25(33)23(34-26)14-17-4-8-19(28)9-5-17/h2-13,23H,14H2,1H3,(H,30,32)/b26-22-/t23-/m0/s1. The van der Waals surface area contributed by atoms with Gasteiger partial charge in [-0.3, -0.25) is 14.5 Å². The van der Waals surface area contributed by atoms with Crippen molar-refractivity contribution in [1.82, 2.24) is 0 Å². The van der Waals surface area contributed by atoms with Crippen molar-refractivity contribution in [3.8, 4) is 6.07 Å². The monoisotopic (exact) mass is 551 g/mol. The first-order valence-corrected chi connectivity index (χ1v) is 12.4. The number of halogens is 2. The second kappa shape index (κ2) is 10.5. The van der Waals surface area contributed by atoms with E-state index in [1.54, 1.807) is 36.4 Å². The van der Waals surface area contributed by atoms with Gasteiger partial charge >= 0.3 is 0 Å². The lowest BCUT2D eigenvalue weighted by Gasteiger charge is -2.19. The van der Waals surface area contributed by atoms with Crippen LogP contribution in [-0.4, -0.2) is 17.1 Å². The highest BCUT2D eigenvalue weighted by atomic mass is 79.9. The van der Waals surface area contributed by atoms with Gasteiger partial charge in [0.15, 0.2) is 0 Å². The lowest BCUT2D eigenvalue weighted by atomic mass is 10.1. The third kappa shape index (κ3) is 5.36. The molecule has 5 nitrogen and oxygen atoms in total. The third-order valence-corrected chi connectivity index (χ3v) is 7.28. The molecule has 0 spiro atoms. The van der Waals surface area contributed by atoms with E-state index >= 15 is 0 Å². The molecule has 1 heterocycles. The quantitative estimate of drug-likeness (QED) is 0.291. The number of amides is 2. The number of carbonyl (C=O) groups is 2. The molecule has 3 aromatic carbocycles. The van der Waals surface area contributed by atoms with Gasteiger partial charge in [-0.15, -0.1) is 0 Å². The molecule has 1 aliphatic rings. The summed E-state index contributed by atoms with van der Waals surface area (Å²) in [5.41, 5.74) is 3.05. The van der Waals surface area contributed by atoms with E-state index in [9.17, 15) is 14.9 Å². The topological polar surface area (TPSA) is 73.2 Å². The van der Waals surface area contributed by atoms with Gasteiger partial charge in [0.05, 0.1) is 5.25 Å². The number of benzene rings is 3. The van der Waals surface area contributed by atoms with Crippen molar-refractivity contribution in [2.75, 3.05) is 10.2 Å². The van der Waals surface area contributed by atoms with Crippen molar-refractivity contribution in [2.24, 2.45) is 0 Å². The van der Waals surface area contributed by atoms with Gasteiger partial charge in [-0.05, 0) is 67.4 Å². The van der Waals surface area contributed by atoms with Crippen molar-refractivity contribution in [1.29, 1.82) is 5.26 Å². The van der Waals surface area contributed by atoms with Crippen LogP contribution in [-0.2, 0) is 16.0 Å². The molecule has 0 aromatic heterocycles. The van der Waals surface area contributed by atoms with E-state index < -0.39 is 11.2 Å². The van der Waals surface area contributed by atoms with Gasteiger partial charge in [0, 0.05) is 20.9 Å². The van der Waals surface area contributed by atoms with Crippen molar-refractivity contribution < 1.29 is 9.59 Å². The Kier molecular flexibility index (Phi) is 7.42. The average molecular weight is 553 g/mol. The Morgan fingerprint density at radius 2 is 1.74 bits per heavy atom. The Morgan fingerprint density at radius 1 is 1.09 bits per heavy atom. The van der Waals surface area contributed by atoms with Crippen molar-refractivity contribution in [3.63, 3.8) is 0 Å². The second-order valence-electron chi connectivity index (χ2n) is 7.70. The molecule has 0 bridgehead atoms. The number of thioether (sulfide) groups is 1. The molecule has 1 N–H and O–H groups in total. The fraction of sp³-hybridized carbons (Fsp3) is 0.115. The van der Waals surface area contributed by atoms with Gasteiger partial charge in [0.25, 0.3) is 5.91 Å². The molecule has 170 valence electrons. The predicted molar refractivity (Wildman–Crippen MR) is 141 cm³/mol. The van der Waals surface area contributed by atoms with E-state index in [4.69, 9.17) is 11.6 Å². The molecular formula is C26H19BrClN3O2S. The number of nitriles is 1. The highest BCUT2D eigenvalue weighted by Crippen LogP contribution is 2.42. The van der Waals surface area contributed by atoms with E-state index in [0.29, 0.717) is 27.8 Å². The Bertz CT molecular complexity index is 1300. The van der Waals surface area contributed by atoms with Crippen LogP contribution in [0.1, 0.15) is 11.1 Å². The predicted octanol–water partition coefficient (Wildman–Crippen LogP) is 6.48. The number of nitrogens with one attached hydrogen (secondary N) is 1. The van der Waals surface area contributed by atoms with Crippen LogP contribution in [0.15, 0.2) is 87.9 Å². The molecule has 4 rings (SSSR count). The summed E-state index contributed by atoms with van der Waals surface area (Å²) in [5, 5.41) is 13.2. The maximum atomic E-state index is 13.5. The number of aryl methyl sites for hydroxylation is 1. The zero-order valence-corrected chi connectivity index (χ0v) is 21.2. The molecule has 1 aliphatic heterocycles. The Labute approximate surface area is 215 Å². The van der Waals surface area contributed by atoms with Gasteiger partial charge < -0.3 is 5.32 Å². The van der Waals surface area contributed by atoms with Crippen LogP contribution >= 0.6 is 39.3 Å². The molecule has 8 heteroatoms. The normalized spacial score (nSPS) is 16.8. The van der Waals surface area contributed by atoms with Crippen molar-refractivity contribution >= 4 is 62.5 Å². The Balaban J connectivity index is 1.71. The Morgan fingerprint density at radius 3 is 2.35 bits per heavy atom. The molecule has 0 radical (unpaired) electrons. The van der Waals surface area contributed by atoms with Crippen LogP contribution in [0.3, 0.4) is 0 Å². The minimum atomic E-state index is -0.559. The van der Waals surface area contributed by atoms with Crippen molar-refractivity contribution in [3.05, 3.63) is 104 Å². The SMILES string of the molecule is Cc1ccc(NC(=O)/C(C#N)=C2\S[C@@H](Cc3ccc(Cl)cc3)C(=O)N2c2ccc(Br)cc2)cc1. The summed E-state index contributed by atoms with van der Waals surface area (Å²) in [6, 6.07) is 23.8. The maximum absolute atomic E-state index is 13.5. The van der Waals surface area contributed by atoms with E-state index in [-0.39, 0.29) is 11.5 Å². The molecular weight excluding hydrogens is 534 g/mol. The van der Waals surface area contributed by atoms with Crippen LogP contribution < -0.4 is 10.2 Å². The Hall–Kier alpha value is -3.05. The van der Waals surface area contributed by atoms with E-state index in [2.05, 4.69) is 21.2 Å². The molecule has 34 heavy (non-hydrogen) atoms. The zero-order valence-electron chi connectivity index (χ0n) is 18.1. The fourth-order valence-electron chi connectivity index (χ4n) is 3.48.